The number of hydrazine groups is 1. The van der Waals surface area contributed by atoms with Crippen LogP contribution in [0.25, 0.3) is 0 Å². The molecule has 0 fully saturated rings. The van der Waals surface area contributed by atoms with Gasteiger partial charge in [-0.3, -0.25) is 5.84 Å². The summed E-state index contributed by atoms with van der Waals surface area (Å²) in [6, 6.07) is 4.52. The Morgan fingerprint density at radius 3 is 2.64 bits per heavy atom. The maximum absolute atomic E-state index is 10.5. The lowest BCUT2D eigenvalue weighted by Gasteiger charge is -2.13. The van der Waals surface area contributed by atoms with Gasteiger partial charge < -0.3 is 21.4 Å². The summed E-state index contributed by atoms with van der Waals surface area (Å²) < 4.78 is 0. The Morgan fingerprint density at radius 1 is 1.50 bits per heavy atom. The fourth-order valence-corrected chi connectivity index (χ4v) is 1.12. The Balaban J connectivity index is 3.20. The van der Waals surface area contributed by atoms with E-state index in [1.165, 1.54) is 12.1 Å². The van der Waals surface area contributed by atoms with Crippen molar-refractivity contribution in [2.24, 2.45) is 5.84 Å². The van der Waals surface area contributed by atoms with Gasteiger partial charge in [-0.25, -0.2) is 4.79 Å². The van der Waals surface area contributed by atoms with Crippen LogP contribution in [0.3, 0.4) is 0 Å². The molecular formula is C8H11N3O3. The van der Waals surface area contributed by atoms with Crippen LogP contribution in [0.15, 0.2) is 18.2 Å². The minimum absolute atomic E-state index is 0.139. The molecule has 7 N–H and O–H groups in total. The van der Waals surface area contributed by atoms with E-state index < -0.39 is 12.1 Å². The topological polar surface area (TPSA) is 122 Å². The molecule has 1 rings (SSSR count). The highest BCUT2D eigenvalue weighted by molar-refractivity contribution is 5.80. The maximum atomic E-state index is 10.5. The van der Waals surface area contributed by atoms with Crippen LogP contribution in [0.1, 0.15) is 11.7 Å². The second-order valence-corrected chi connectivity index (χ2v) is 2.70. The van der Waals surface area contributed by atoms with Crippen LogP contribution in [0, 0.1) is 0 Å². The fourth-order valence-electron chi connectivity index (χ4n) is 1.12. The lowest BCUT2D eigenvalue weighted by molar-refractivity contribution is -0.146. The third kappa shape index (κ3) is 1.76. The minimum Gasteiger partial charge on any atom is -0.479 e. The summed E-state index contributed by atoms with van der Waals surface area (Å²) in [7, 11) is 0. The molecule has 1 aromatic carbocycles. The Labute approximate surface area is 80.1 Å². The minimum atomic E-state index is -1.63. The first-order valence-corrected chi connectivity index (χ1v) is 3.83. The Hall–Kier alpha value is -1.79. The standard InChI is InChI=1S/C8H11N3O3/c9-5-3-1-2-4(6(5)11-10)7(12)8(13)14/h1-3,7,11-12H,9-10H2,(H,13,14). The van der Waals surface area contributed by atoms with Crippen molar-refractivity contribution in [3.05, 3.63) is 23.8 Å². The molecule has 0 amide bonds. The third-order valence-corrected chi connectivity index (χ3v) is 1.80. The van der Waals surface area contributed by atoms with Crippen LogP contribution in [0.5, 0.6) is 0 Å². The van der Waals surface area contributed by atoms with E-state index in [4.69, 9.17) is 16.7 Å². The molecule has 14 heavy (non-hydrogen) atoms. The van der Waals surface area contributed by atoms with E-state index >= 15 is 0 Å². The zero-order valence-corrected chi connectivity index (χ0v) is 7.27. The van der Waals surface area contributed by atoms with E-state index in [-0.39, 0.29) is 16.9 Å². The number of anilines is 2. The zero-order valence-electron chi connectivity index (χ0n) is 7.27. The molecule has 1 aromatic rings. The second-order valence-electron chi connectivity index (χ2n) is 2.70. The van der Waals surface area contributed by atoms with Gasteiger partial charge in [0, 0.05) is 5.56 Å². The third-order valence-electron chi connectivity index (χ3n) is 1.80. The van der Waals surface area contributed by atoms with Crippen LogP contribution >= 0.6 is 0 Å². The average Bonchev–Trinajstić information content (AvgIpc) is 2.16. The molecule has 0 aliphatic heterocycles. The molecule has 6 nitrogen and oxygen atoms in total. The predicted octanol–water partition coefficient (Wildman–Crippen LogP) is -0.328. The first-order chi connectivity index (χ1) is 6.57. The lowest BCUT2D eigenvalue weighted by atomic mass is 10.1. The summed E-state index contributed by atoms with van der Waals surface area (Å²) in [6.07, 6.45) is -1.63. The average molecular weight is 197 g/mol. The van der Waals surface area contributed by atoms with Crippen molar-refractivity contribution < 1.29 is 15.0 Å². The highest BCUT2D eigenvalue weighted by Crippen LogP contribution is 2.27. The van der Waals surface area contributed by atoms with Crippen LogP contribution in [0.4, 0.5) is 11.4 Å². The quantitative estimate of drug-likeness (QED) is 0.257. The number of carbonyl (C=O) groups is 1. The largest absolute Gasteiger partial charge is 0.479 e. The van der Waals surface area contributed by atoms with Gasteiger partial charge in [0.25, 0.3) is 0 Å². The molecule has 6 heteroatoms. The molecule has 0 aliphatic carbocycles. The summed E-state index contributed by atoms with van der Waals surface area (Å²) in [5, 5.41) is 17.9. The molecule has 0 radical (unpaired) electrons. The number of rotatable bonds is 3. The smallest absolute Gasteiger partial charge is 0.337 e. The molecule has 0 aromatic heterocycles. The molecular weight excluding hydrogens is 186 g/mol. The van der Waals surface area contributed by atoms with E-state index in [0.29, 0.717) is 0 Å². The number of nitrogen functional groups attached to an aromatic ring is 2. The highest BCUT2D eigenvalue weighted by atomic mass is 16.4. The number of aliphatic carboxylic acids is 1. The number of carboxylic acid groups (broad SMARTS) is 1. The molecule has 0 heterocycles. The van der Waals surface area contributed by atoms with Crippen molar-refractivity contribution in [1.29, 1.82) is 0 Å². The number of benzene rings is 1. The van der Waals surface area contributed by atoms with Crippen molar-refractivity contribution in [2.75, 3.05) is 11.2 Å². The second kappa shape index (κ2) is 3.95. The number of aliphatic hydroxyl groups is 1. The monoisotopic (exact) mass is 197 g/mol. The lowest BCUT2D eigenvalue weighted by Crippen LogP contribution is -2.17. The number of aliphatic hydroxyl groups excluding tert-OH is 1. The molecule has 0 bridgehead atoms. The van der Waals surface area contributed by atoms with Crippen molar-refractivity contribution in [1.82, 2.24) is 0 Å². The first kappa shape index (κ1) is 10.3. The number of hydrogen-bond acceptors (Lipinski definition) is 5. The molecule has 0 saturated carbocycles. The van der Waals surface area contributed by atoms with Gasteiger partial charge in [0.15, 0.2) is 6.10 Å². The Morgan fingerprint density at radius 2 is 2.14 bits per heavy atom. The normalized spacial score (nSPS) is 12.1. The van der Waals surface area contributed by atoms with Crippen LogP contribution < -0.4 is 17.0 Å². The molecule has 76 valence electrons. The summed E-state index contributed by atoms with van der Waals surface area (Å²) in [6.45, 7) is 0. The van der Waals surface area contributed by atoms with Crippen LogP contribution in [-0.2, 0) is 4.79 Å². The Bertz CT molecular complexity index is 354. The van der Waals surface area contributed by atoms with Crippen LogP contribution in [0.2, 0.25) is 0 Å². The molecule has 1 atom stereocenters. The van der Waals surface area contributed by atoms with E-state index in [9.17, 15) is 9.90 Å². The van der Waals surface area contributed by atoms with E-state index in [1.807, 2.05) is 0 Å². The number of para-hydroxylation sites is 1. The van der Waals surface area contributed by atoms with Gasteiger partial charge in [-0.15, -0.1) is 0 Å². The van der Waals surface area contributed by atoms with Gasteiger partial charge >= 0.3 is 5.97 Å². The first-order valence-electron chi connectivity index (χ1n) is 3.83. The molecule has 0 saturated heterocycles. The number of nitrogens with one attached hydrogen (secondary N) is 1. The van der Waals surface area contributed by atoms with Crippen molar-refractivity contribution in [3.63, 3.8) is 0 Å². The predicted molar refractivity (Wildman–Crippen MR) is 51.3 cm³/mol. The summed E-state index contributed by atoms with van der Waals surface area (Å²) in [4.78, 5) is 10.5. The maximum Gasteiger partial charge on any atom is 0.337 e. The van der Waals surface area contributed by atoms with Gasteiger partial charge in [0.2, 0.25) is 0 Å². The Kier molecular flexibility index (Phi) is 2.90. The van der Waals surface area contributed by atoms with Gasteiger partial charge in [-0.1, -0.05) is 12.1 Å². The summed E-state index contributed by atoms with van der Waals surface area (Å²) >= 11 is 0. The highest BCUT2D eigenvalue weighted by Gasteiger charge is 2.20. The van der Waals surface area contributed by atoms with Crippen molar-refractivity contribution >= 4 is 17.3 Å². The molecule has 1 unspecified atom stereocenters. The van der Waals surface area contributed by atoms with Crippen molar-refractivity contribution in [2.45, 2.75) is 6.10 Å². The van der Waals surface area contributed by atoms with Gasteiger partial charge in [-0.05, 0) is 6.07 Å². The van der Waals surface area contributed by atoms with E-state index in [1.54, 1.807) is 6.07 Å². The SMILES string of the molecule is NNc1c(N)cccc1C(O)C(=O)O. The van der Waals surface area contributed by atoms with E-state index in [2.05, 4.69) is 5.43 Å². The summed E-state index contributed by atoms with van der Waals surface area (Å²) in [5.74, 6) is 3.80. The fraction of sp³-hybridized carbons (Fsp3) is 0.125. The zero-order chi connectivity index (χ0) is 10.7. The molecule has 0 aliphatic rings. The van der Waals surface area contributed by atoms with Crippen LogP contribution in [-0.4, -0.2) is 16.2 Å². The number of nitrogens with two attached hydrogens (primary N) is 2. The van der Waals surface area contributed by atoms with Crippen molar-refractivity contribution in [3.8, 4) is 0 Å². The van der Waals surface area contributed by atoms with Gasteiger partial charge in [0.05, 0.1) is 11.4 Å². The van der Waals surface area contributed by atoms with Gasteiger partial charge in [0.1, 0.15) is 0 Å². The number of hydrogen-bond donors (Lipinski definition) is 5. The molecule has 0 spiro atoms. The van der Waals surface area contributed by atoms with Gasteiger partial charge in [-0.2, -0.15) is 0 Å². The summed E-state index contributed by atoms with van der Waals surface area (Å²) in [5.41, 5.74) is 8.42. The number of carboxylic acids is 1. The van der Waals surface area contributed by atoms with E-state index in [0.717, 1.165) is 0 Å².